The fourth-order valence-electron chi connectivity index (χ4n) is 7.49. The number of fused-ring (bicyclic) bond motifs is 11. The van der Waals surface area contributed by atoms with E-state index in [1.54, 1.807) is 0 Å². The van der Waals surface area contributed by atoms with Crippen molar-refractivity contribution in [1.82, 2.24) is 9.13 Å². The van der Waals surface area contributed by atoms with Crippen LogP contribution in [0.2, 0.25) is 0 Å². The number of nitrogens with zero attached hydrogens (tertiary/aromatic N) is 2. The Hall–Kier alpha value is -5.22. The van der Waals surface area contributed by atoms with E-state index in [1.165, 1.54) is 71.4 Å². The van der Waals surface area contributed by atoms with Gasteiger partial charge in [-0.3, -0.25) is 0 Å². The summed E-state index contributed by atoms with van der Waals surface area (Å²) in [6, 6.07) is 46.0. The van der Waals surface area contributed by atoms with Crippen molar-refractivity contribution in [1.29, 1.82) is 0 Å². The first-order chi connectivity index (χ1) is 19.9. The third kappa shape index (κ3) is 2.39. The van der Waals surface area contributed by atoms with Gasteiger partial charge in [0.1, 0.15) is 11.5 Å². The van der Waals surface area contributed by atoms with E-state index in [2.05, 4.69) is 137 Å². The minimum atomic E-state index is 0.0641. The van der Waals surface area contributed by atoms with Gasteiger partial charge in [0, 0.05) is 32.9 Å². The van der Waals surface area contributed by atoms with Gasteiger partial charge in [-0.15, -0.1) is 0 Å². The van der Waals surface area contributed by atoms with E-state index in [9.17, 15) is 0 Å². The monoisotopic (exact) mass is 508 g/mol. The summed E-state index contributed by atoms with van der Waals surface area (Å²) in [5, 5.41) is 5.16. The van der Waals surface area contributed by atoms with Crippen molar-refractivity contribution in [2.24, 2.45) is 0 Å². The summed E-state index contributed by atoms with van der Waals surface area (Å²) < 4.78 is 11.5. The molecule has 0 saturated carbocycles. The third-order valence-electron chi connectivity index (χ3n) is 8.96. The highest BCUT2D eigenvalue weighted by molar-refractivity contribution is 7.01. The van der Waals surface area contributed by atoms with Crippen LogP contribution in [-0.4, -0.2) is 15.8 Å². The lowest BCUT2D eigenvalue weighted by Crippen LogP contribution is -2.58. The summed E-state index contributed by atoms with van der Waals surface area (Å²) in [5.41, 5.74) is 11.2. The molecule has 2 aromatic heterocycles. The molecule has 0 unspecified atom stereocenters. The maximum absolute atomic E-state index is 6.58. The van der Waals surface area contributed by atoms with E-state index >= 15 is 0 Å². The van der Waals surface area contributed by atoms with Crippen molar-refractivity contribution in [3.8, 4) is 22.9 Å². The fraction of sp³-hybridized carbons (Fsp3) is 0. The molecule has 2 aliphatic rings. The topological polar surface area (TPSA) is 19.1 Å². The quantitative estimate of drug-likeness (QED) is 0.223. The first-order valence-corrected chi connectivity index (χ1v) is 13.8. The molecular formula is C36H21BN2O. The molecule has 0 saturated heterocycles. The Bertz CT molecular complexity index is 2360. The molecule has 3 nitrogen and oxygen atoms in total. The Morgan fingerprint density at radius 2 is 1.20 bits per heavy atom. The number of hydrogen-bond acceptors (Lipinski definition) is 1. The van der Waals surface area contributed by atoms with Gasteiger partial charge in [0.2, 0.25) is 0 Å². The maximum Gasteiger partial charge on any atom is 0.257 e. The summed E-state index contributed by atoms with van der Waals surface area (Å²) in [4.78, 5) is 0. The zero-order valence-corrected chi connectivity index (χ0v) is 21.5. The molecular weight excluding hydrogens is 487 g/mol. The predicted octanol–water partition coefficient (Wildman–Crippen LogP) is 6.82. The first kappa shape index (κ1) is 20.7. The van der Waals surface area contributed by atoms with Gasteiger partial charge in [-0.25, -0.2) is 0 Å². The Labute approximate surface area is 230 Å². The van der Waals surface area contributed by atoms with Crippen molar-refractivity contribution in [3.05, 3.63) is 127 Å². The summed E-state index contributed by atoms with van der Waals surface area (Å²) in [7, 11) is 0. The van der Waals surface area contributed by atoms with Crippen LogP contribution in [0.3, 0.4) is 0 Å². The average Bonchev–Trinajstić information content (AvgIpc) is 3.53. The van der Waals surface area contributed by atoms with E-state index < -0.39 is 0 Å². The zero-order chi connectivity index (χ0) is 25.9. The summed E-state index contributed by atoms with van der Waals surface area (Å²) in [6.07, 6.45) is 0. The van der Waals surface area contributed by atoms with E-state index in [0.29, 0.717) is 0 Å². The van der Waals surface area contributed by atoms with Crippen LogP contribution < -0.4 is 21.1 Å². The molecule has 0 atom stereocenters. The summed E-state index contributed by atoms with van der Waals surface area (Å²) in [5.74, 6) is 1.89. The molecule has 0 spiro atoms. The second kappa shape index (κ2) is 7.25. The lowest BCUT2D eigenvalue weighted by atomic mass is 9.34. The van der Waals surface area contributed by atoms with Gasteiger partial charge < -0.3 is 13.9 Å². The van der Waals surface area contributed by atoms with Crippen molar-refractivity contribution >= 4 is 66.7 Å². The second-order valence-electron chi connectivity index (χ2n) is 10.9. The Balaban J connectivity index is 1.53. The van der Waals surface area contributed by atoms with Crippen molar-refractivity contribution in [2.45, 2.75) is 0 Å². The Kier molecular flexibility index (Phi) is 3.75. The van der Waals surface area contributed by atoms with Crippen molar-refractivity contribution in [3.63, 3.8) is 0 Å². The summed E-state index contributed by atoms with van der Waals surface area (Å²) >= 11 is 0. The lowest BCUT2D eigenvalue weighted by molar-refractivity contribution is 0.487. The number of ether oxygens (including phenoxy) is 1. The molecule has 0 bridgehead atoms. The number of benzene rings is 6. The van der Waals surface area contributed by atoms with Crippen molar-refractivity contribution < 1.29 is 4.74 Å². The molecule has 0 radical (unpaired) electrons. The Morgan fingerprint density at radius 1 is 0.500 bits per heavy atom. The van der Waals surface area contributed by atoms with Crippen LogP contribution in [0.4, 0.5) is 0 Å². The molecule has 4 heterocycles. The van der Waals surface area contributed by atoms with Crippen LogP contribution in [0.5, 0.6) is 11.5 Å². The van der Waals surface area contributed by atoms with Crippen molar-refractivity contribution in [2.75, 3.05) is 0 Å². The fourth-order valence-corrected chi connectivity index (χ4v) is 7.49. The van der Waals surface area contributed by atoms with Crippen LogP contribution in [-0.2, 0) is 0 Å². The minimum Gasteiger partial charge on any atom is -0.458 e. The van der Waals surface area contributed by atoms with Crippen LogP contribution in [0, 0.1) is 0 Å². The van der Waals surface area contributed by atoms with Gasteiger partial charge in [-0.1, -0.05) is 78.9 Å². The van der Waals surface area contributed by atoms with E-state index in [4.69, 9.17) is 4.74 Å². The first-order valence-electron chi connectivity index (χ1n) is 13.8. The van der Waals surface area contributed by atoms with Gasteiger partial charge in [-0.2, -0.15) is 0 Å². The zero-order valence-electron chi connectivity index (χ0n) is 21.5. The maximum atomic E-state index is 6.58. The van der Waals surface area contributed by atoms with Gasteiger partial charge in [0.25, 0.3) is 6.71 Å². The molecule has 10 rings (SSSR count). The molecule has 0 N–H and O–H groups in total. The lowest BCUT2D eigenvalue weighted by Gasteiger charge is -2.33. The number of hydrogen-bond donors (Lipinski definition) is 0. The van der Waals surface area contributed by atoms with E-state index in [1.807, 2.05) is 0 Å². The average molecular weight is 508 g/mol. The van der Waals surface area contributed by atoms with E-state index in [-0.39, 0.29) is 6.71 Å². The van der Waals surface area contributed by atoms with Crippen LogP contribution >= 0.6 is 0 Å². The normalized spacial score (nSPS) is 13.2. The highest BCUT2D eigenvalue weighted by atomic mass is 16.5. The van der Waals surface area contributed by atoms with Crippen LogP contribution in [0.15, 0.2) is 127 Å². The van der Waals surface area contributed by atoms with Gasteiger partial charge >= 0.3 is 0 Å². The smallest absolute Gasteiger partial charge is 0.257 e. The molecule has 40 heavy (non-hydrogen) atoms. The second-order valence-corrected chi connectivity index (χ2v) is 10.9. The molecule has 8 aromatic rings. The van der Waals surface area contributed by atoms with E-state index in [0.717, 1.165) is 11.5 Å². The van der Waals surface area contributed by atoms with Gasteiger partial charge in [0.05, 0.1) is 22.1 Å². The van der Waals surface area contributed by atoms with Crippen LogP contribution in [0.1, 0.15) is 0 Å². The molecule has 0 amide bonds. The molecule has 6 aromatic carbocycles. The van der Waals surface area contributed by atoms with Gasteiger partial charge in [-0.05, 0) is 64.9 Å². The molecule has 0 fully saturated rings. The highest BCUT2D eigenvalue weighted by Crippen LogP contribution is 2.42. The number of aromatic nitrogens is 2. The largest absolute Gasteiger partial charge is 0.458 e. The molecule has 2 aliphatic heterocycles. The third-order valence-corrected chi connectivity index (χ3v) is 8.96. The predicted molar refractivity (Wildman–Crippen MR) is 166 cm³/mol. The SMILES string of the molecule is c1ccc(-n2c3ccccc3c3c4c5c(cc32)c2ccccc2n5-c2cccc3c2B4c2ccccc2O3)cc1. The summed E-state index contributed by atoms with van der Waals surface area (Å²) in [6.45, 7) is 0.0641. The van der Waals surface area contributed by atoms with Crippen LogP contribution in [0.25, 0.3) is 55.0 Å². The number of para-hydroxylation sites is 4. The standard InChI is InChI=1S/C36H21BN2O/c1-2-11-22(12-3-1)38-28-17-8-5-14-24(28)33-30(38)21-25-23-13-4-7-16-27(23)39-29-18-10-20-32-34(29)37(35(33)36(25)39)26-15-6-9-19-31(26)40-32/h1-21H. The van der Waals surface area contributed by atoms with Gasteiger partial charge in [0.15, 0.2) is 0 Å². The Morgan fingerprint density at radius 3 is 2.08 bits per heavy atom. The number of rotatable bonds is 1. The molecule has 4 heteroatoms. The minimum absolute atomic E-state index is 0.0641. The highest BCUT2D eigenvalue weighted by Gasteiger charge is 2.42. The molecule has 184 valence electrons. The molecule has 0 aliphatic carbocycles.